The van der Waals surface area contributed by atoms with E-state index in [1.54, 1.807) is 36.4 Å². The Balaban J connectivity index is 1.50. The lowest BCUT2D eigenvalue weighted by molar-refractivity contribution is 0.102. The van der Waals surface area contributed by atoms with Crippen LogP contribution in [0.25, 0.3) is 22.1 Å². The van der Waals surface area contributed by atoms with Crippen LogP contribution in [0.1, 0.15) is 24.2 Å². The van der Waals surface area contributed by atoms with Crippen LogP contribution >= 0.6 is 0 Å². The molecule has 11 nitrogen and oxygen atoms in total. The van der Waals surface area contributed by atoms with E-state index in [-0.39, 0.29) is 17.7 Å². The van der Waals surface area contributed by atoms with Crippen LogP contribution in [0.5, 0.6) is 5.88 Å². The van der Waals surface area contributed by atoms with Gasteiger partial charge in [-0.15, -0.1) is 0 Å². The molecular formula is C22H25N9O2. The normalized spacial score (nSPS) is 18.6. The highest BCUT2D eigenvalue weighted by Crippen LogP contribution is 2.29. The number of ether oxygens (including phenoxy) is 1. The maximum atomic E-state index is 13.2. The van der Waals surface area contributed by atoms with E-state index < -0.39 is 0 Å². The molecule has 0 bridgehead atoms. The van der Waals surface area contributed by atoms with E-state index in [0.29, 0.717) is 39.7 Å². The molecule has 11 heteroatoms. The van der Waals surface area contributed by atoms with Gasteiger partial charge >= 0.3 is 0 Å². The molecule has 0 aliphatic carbocycles. The zero-order valence-electron chi connectivity index (χ0n) is 18.9. The smallest absolute Gasteiger partial charge is 0.260 e. The molecule has 0 unspecified atom stereocenters. The number of benzene rings is 1. The number of aryl methyl sites for hydroxylation is 1. The summed E-state index contributed by atoms with van der Waals surface area (Å²) in [4.78, 5) is 33.2. The van der Waals surface area contributed by atoms with Gasteiger partial charge in [-0.25, -0.2) is 4.98 Å². The molecule has 1 aromatic carbocycles. The largest absolute Gasteiger partial charge is 0.479 e. The van der Waals surface area contributed by atoms with Crippen molar-refractivity contribution < 1.29 is 9.53 Å². The Morgan fingerprint density at radius 2 is 1.82 bits per heavy atom. The number of nitrogens with one attached hydrogen (secondary N) is 2. The van der Waals surface area contributed by atoms with Gasteiger partial charge in [-0.1, -0.05) is 0 Å². The van der Waals surface area contributed by atoms with Crippen molar-refractivity contribution in [2.45, 2.75) is 25.9 Å². The van der Waals surface area contributed by atoms with Gasteiger partial charge < -0.3 is 15.0 Å². The Bertz CT molecular complexity index is 1340. The lowest BCUT2D eigenvalue weighted by Crippen LogP contribution is -2.54. The second-order valence-corrected chi connectivity index (χ2v) is 8.31. The van der Waals surface area contributed by atoms with Gasteiger partial charge in [0, 0.05) is 44.6 Å². The van der Waals surface area contributed by atoms with Gasteiger partial charge in [-0.3, -0.25) is 24.8 Å². The van der Waals surface area contributed by atoms with Crippen molar-refractivity contribution >= 4 is 39.6 Å². The SMILES string of the molecule is COc1nc(NC(=O)c2ccc(N3C[C@@H](C)N[C@@H](C)C3)c3nccnc23)nc2cn(C)nc12. The third kappa shape index (κ3) is 3.91. The number of anilines is 2. The molecule has 1 amide bonds. The molecule has 33 heavy (non-hydrogen) atoms. The summed E-state index contributed by atoms with van der Waals surface area (Å²) < 4.78 is 6.95. The number of aromatic nitrogens is 6. The van der Waals surface area contributed by atoms with Crippen molar-refractivity contribution in [1.29, 1.82) is 0 Å². The molecule has 1 aliphatic rings. The summed E-state index contributed by atoms with van der Waals surface area (Å²) in [6.07, 6.45) is 4.97. The van der Waals surface area contributed by atoms with Gasteiger partial charge in [0.25, 0.3) is 5.91 Å². The highest BCUT2D eigenvalue weighted by atomic mass is 16.5. The fraction of sp³-hybridized carbons (Fsp3) is 0.364. The van der Waals surface area contributed by atoms with Crippen LogP contribution in [0.4, 0.5) is 11.6 Å². The third-order valence-electron chi connectivity index (χ3n) is 5.61. The number of carbonyl (C=O) groups excluding carboxylic acids is 1. The van der Waals surface area contributed by atoms with Crippen LogP contribution < -0.4 is 20.3 Å². The maximum absolute atomic E-state index is 13.2. The Kier molecular flexibility index (Phi) is 5.25. The average molecular weight is 448 g/mol. The number of amides is 1. The third-order valence-corrected chi connectivity index (χ3v) is 5.61. The molecule has 170 valence electrons. The van der Waals surface area contributed by atoms with Crippen molar-refractivity contribution in [3.05, 3.63) is 36.3 Å². The van der Waals surface area contributed by atoms with Crippen molar-refractivity contribution in [3.8, 4) is 5.88 Å². The first-order valence-corrected chi connectivity index (χ1v) is 10.7. The number of nitrogens with zero attached hydrogens (tertiary/aromatic N) is 7. The summed E-state index contributed by atoms with van der Waals surface area (Å²) in [7, 11) is 3.29. The molecule has 4 heterocycles. The minimum atomic E-state index is -0.376. The van der Waals surface area contributed by atoms with E-state index in [4.69, 9.17) is 4.74 Å². The molecule has 4 aromatic rings. The van der Waals surface area contributed by atoms with E-state index >= 15 is 0 Å². The molecule has 1 fully saturated rings. The van der Waals surface area contributed by atoms with Gasteiger partial charge in [0.05, 0.1) is 24.6 Å². The van der Waals surface area contributed by atoms with Crippen molar-refractivity contribution in [3.63, 3.8) is 0 Å². The summed E-state index contributed by atoms with van der Waals surface area (Å²) in [5.74, 6) is 0.0421. The average Bonchev–Trinajstić information content (AvgIpc) is 3.17. The lowest BCUT2D eigenvalue weighted by atomic mass is 10.1. The predicted molar refractivity (Wildman–Crippen MR) is 125 cm³/mol. The van der Waals surface area contributed by atoms with Crippen molar-refractivity contribution in [2.24, 2.45) is 7.05 Å². The van der Waals surface area contributed by atoms with Crippen molar-refractivity contribution in [1.82, 2.24) is 35.0 Å². The van der Waals surface area contributed by atoms with E-state index in [1.165, 1.54) is 7.11 Å². The van der Waals surface area contributed by atoms with Gasteiger partial charge in [0.15, 0.2) is 5.52 Å². The van der Waals surface area contributed by atoms with Gasteiger partial charge in [-0.05, 0) is 26.0 Å². The van der Waals surface area contributed by atoms with Gasteiger partial charge in [0.1, 0.15) is 16.6 Å². The standard InChI is InChI=1S/C22H25N9O2/c1-12-9-31(10-13(2)25-12)16-6-5-14(17-19(16)24-8-7-23-17)20(32)27-22-26-15-11-30(3)29-18(15)21(28-22)33-4/h5-8,11-13,25H,9-10H2,1-4H3,(H,26,27,32)/t12-,13+. The first-order chi connectivity index (χ1) is 15.9. The zero-order valence-corrected chi connectivity index (χ0v) is 18.9. The van der Waals surface area contributed by atoms with E-state index in [9.17, 15) is 4.79 Å². The van der Waals surface area contributed by atoms with Gasteiger partial charge in [-0.2, -0.15) is 10.1 Å². The zero-order chi connectivity index (χ0) is 23.1. The van der Waals surface area contributed by atoms with Crippen LogP contribution in [0.2, 0.25) is 0 Å². The molecule has 3 aromatic heterocycles. The minimum Gasteiger partial charge on any atom is -0.479 e. The summed E-state index contributed by atoms with van der Waals surface area (Å²) in [6, 6.07) is 4.40. The molecular weight excluding hydrogens is 422 g/mol. The monoisotopic (exact) mass is 447 g/mol. The summed E-state index contributed by atoms with van der Waals surface area (Å²) in [5.41, 5.74) is 3.67. The quantitative estimate of drug-likeness (QED) is 0.482. The lowest BCUT2D eigenvalue weighted by Gasteiger charge is -2.38. The Morgan fingerprint density at radius 3 is 2.55 bits per heavy atom. The molecule has 2 atom stereocenters. The van der Waals surface area contributed by atoms with Crippen LogP contribution in [0.15, 0.2) is 30.7 Å². The number of hydrogen-bond acceptors (Lipinski definition) is 9. The van der Waals surface area contributed by atoms with Crippen LogP contribution in [0.3, 0.4) is 0 Å². The Morgan fingerprint density at radius 1 is 1.09 bits per heavy atom. The number of fused-ring (bicyclic) bond motifs is 2. The second kappa shape index (κ2) is 8.24. The predicted octanol–water partition coefficient (Wildman–Crippen LogP) is 1.75. The molecule has 2 N–H and O–H groups in total. The molecule has 0 saturated carbocycles. The van der Waals surface area contributed by atoms with E-state index in [0.717, 1.165) is 18.8 Å². The number of methoxy groups -OCH3 is 1. The molecule has 1 aliphatic heterocycles. The highest BCUT2D eigenvalue weighted by molar-refractivity contribution is 6.12. The number of carbonyl (C=O) groups is 1. The van der Waals surface area contributed by atoms with Crippen LogP contribution in [-0.4, -0.2) is 67.9 Å². The van der Waals surface area contributed by atoms with Crippen molar-refractivity contribution in [2.75, 3.05) is 30.4 Å². The maximum Gasteiger partial charge on any atom is 0.260 e. The number of hydrogen-bond donors (Lipinski definition) is 2. The van der Waals surface area contributed by atoms with Gasteiger partial charge in [0.2, 0.25) is 11.8 Å². The Hall–Kier alpha value is -3.86. The topological polar surface area (TPSA) is 123 Å². The van der Waals surface area contributed by atoms with E-state index in [1.807, 2.05) is 6.07 Å². The second-order valence-electron chi connectivity index (χ2n) is 8.31. The molecule has 1 saturated heterocycles. The van der Waals surface area contributed by atoms with Crippen LogP contribution in [-0.2, 0) is 7.05 Å². The number of piperazine rings is 1. The summed E-state index contributed by atoms with van der Waals surface area (Å²) in [5, 5.41) is 10.6. The fourth-order valence-corrected chi connectivity index (χ4v) is 4.37. The summed E-state index contributed by atoms with van der Waals surface area (Å²) in [6.45, 7) is 6.01. The summed E-state index contributed by atoms with van der Waals surface area (Å²) >= 11 is 0. The first-order valence-electron chi connectivity index (χ1n) is 10.7. The fourth-order valence-electron chi connectivity index (χ4n) is 4.37. The Labute approximate surface area is 190 Å². The molecule has 5 rings (SSSR count). The van der Waals surface area contributed by atoms with E-state index in [2.05, 4.69) is 54.4 Å². The first kappa shape index (κ1) is 21.0. The molecule has 0 spiro atoms. The minimum absolute atomic E-state index is 0.128. The van der Waals surface area contributed by atoms with Crippen LogP contribution in [0, 0.1) is 0 Å². The number of rotatable bonds is 4. The highest BCUT2D eigenvalue weighted by Gasteiger charge is 2.25. The molecule has 0 radical (unpaired) electrons.